The fraction of sp³-hybridized carbons (Fsp3) is 0.0870. The van der Waals surface area contributed by atoms with Crippen molar-refractivity contribution in [1.29, 1.82) is 0 Å². The van der Waals surface area contributed by atoms with Crippen molar-refractivity contribution in [1.82, 2.24) is 10.1 Å². The Morgan fingerprint density at radius 3 is 2.63 bits per heavy atom. The van der Waals surface area contributed by atoms with E-state index in [0.29, 0.717) is 28.6 Å². The summed E-state index contributed by atoms with van der Waals surface area (Å²) in [5.74, 6) is 1.21. The molecule has 6 nitrogen and oxygen atoms in total. The first kappa shape index (κ1) is 19.3. The van der Waals surface area contributed by atoms with Crippen molar-refractivity contribution < 1.29 is 18.4 Å². The molecule has 0 unspecified atom stereocenters. The quantitative estimate of drug-likeness (QED) is 0.457. The highest BCUT2D eigenvalue weighted by Gasteiger charge is 2.13. The molecule has 1 aromatic heterocycles. The van der Waals surface area contributed by atoms with E-state index in [9.17, 15) is 9.18 Å². The second-order valence-corrected chi connectivity index (χ2v) is 6.48. The fourth-order valence-corrected chi connectivity index (χ4v) is 2.81. The highest BCUT2D eigenvalue weighted by atomic mass is 19.1. The summed E-state index contributed by atoms with van der Waals surface area (Å²) in [6, 6.07) is 22.5. The van der Waals surface area contributed by atoms with Crippen LogP contribution in [-0.4, -0.2) is 16.0 Å². The molecule has 0 saturated heterocycles. The van der Waals surface area contributed by atoms with Gasteiger partial charge >= 0.3 is 0 Å². The van der Waals surface area contributed by atoms with Gasteiger partial charge in [-0.05, 0) is 36.4 Å². The molecule has 0 atom stereocenters. The molecule has 4 rings (SSSR count). The topological polar surface area (TPSA) is 77.2 Å². The molecule has 1 heterocycles. The van der Waals surface area contributed by atoms with Gasteiger partial charge in [0.25, 0.3) is 0 Å². The molecule has 0 radical (unpaired) electrons. The summed E-state index contributed by atoms with van der Waals surface area (Å²) in [6.07, 6.45) is 0.403. The molecule has 0 aliphatic heterocycles. The summed E-state index contributed by atoms with van der Waals surface area (Å²) in [5, 5.41) is 6.69. The zero-order chi connectivity index (χ0) is 20.8. The molecular weight excluding hydrogens is 385 g/mol. The van der Waals surface area contributed by atoms with Crippen LogP contribution in [-0.2, 0) is 11.2 Å². The van der Waals surface area contributed by atoms with Gasteiger partial charge in [0.15, 0.2) is 5.75 Å². The van der Waals surface area contributed by atoms with Gasteiger partial charge < -0.3 is 14.6 Å². The van der Waals surface area contributed by atoms with Gasteiger partial charge in [-0.25, -0.2) is 4.39 Å². The van der Waals surface area contributed by atoms with Gasteiger partial charge in [-0.15, -0.1) is 0 Å². The predicted molar refractivity (Wildman–Crippen MR) is 110 cm³/mol. The van der Waals surface area contributed by atoms with Crippen LogP contribution in [0.1, 0.15) is 12.3 Å². The third-order valence-electron chi connectivity index (χ3n) is 4.25. The van der Waals surface area contributed by atoms with E-state index < -0.39 is 0 Å². The lowest BCUT2D eigenvalue weighted by molar-refractivity contribution is -0.116. The minimum absolute atomic E-state index is 0.143. The van der Waals surface area contributed by atoms with Gasteiger partial charge in [0.05, 0.1) is 5.69 Å². The van der Waals surface area contributed by atoms with Gasteiger partial charge in [-0.1, -0.05) is 47.6 Å². The fourth-order valence-electron chi connectivity index (χ4n) is 2.81. The van der Waals surface area contributed by atoms with E-state index in [2.05, 4.69) is 15.5 Å². The van der Waals surface area contributed by atoms with Gasteiger partial charge in [0.2, 0.25) is 17.6 Å². The van der Waals surface area contributed by atoms with Crippen molar-refractivity contribution >= 4 is 11.6 Å². The summed E-state index contributed by atoms with van der Waals surface area (Å²) in [4.78, 5) is 16.6. The summed E-state index contributed by atoms with van der Waals surface area (Å²) < 4.78 is 24.4. The van der Waals surface area contributed by atoms with E-state index in [1.165, 1.54) is 12.1 Å². The number of hydrogen-bond donors (Lipinski definition) is 1. The summed E-state index contributed by atoms with van der Waals surface area (Å²) in [6.45, 7) is 0. The average Bonchev–Trinajstić information content (AvgIpc) is 3.24. The molecule has 4 aromatic rings. The number of ether oxygens (including phenoxy) is 1. The summed E-state index contributed by atoms with van der Waals surface area (Å²) in [5.41, 5.74) is 1.08. The molecule has 0 spiro atoms. The van der Waals surface area contributed by atoms with E-state index >= 15 is 0 Å². The van der Waals surface area contributed by atoms with Crippen molar-refractivity contribution in [3.8, 4) is 22.9 Å². The number of nitrogens with one attached hydrogen (secondary N) is 1. The van der Waals surface area contributed by atoms with Crippen LogP contribution < -0.4 is 10.1 Å². The van der Waals surface area contributed by atoms with Crippen LogP contribution in [0.2, 0.25) is 0 Å². The second-order valence-electron chi connectivity index (χ2n) is 6.48. The lowest BCUT2D eigenvalue weighted by atomic mass is 10.2. The lowest BCUT2D eigenvalue weighted by Crippen LogP contribution is -2.13. The van der Waals surface area contributed by atoms with Gasteiger partial charge in [-0.3, -0.25) is 4.79 Å². The number of carbonyl (C=O) groups is 1. The number of halogens is 1. The minimum atomic E-state index is -0.380. The summed E-state index contributed by atoms with van der Waals surface area (Å²) >= 11 is 0. The van der Waals surface area contributed by atoms with Crippen molar-refractivity contribution in [2.75, 3.05) is 5.32 Å². The van der Waals surface area contributed by atoms with Crippen LogP contribution in [0.4, 0.5) is 10.1 Å². The molecule has 7 heteroatoms. The zero-order valence-corrected chi connectivity index (χ0v) is 15.9. The number of para-hydroxylation sites is 3. The van der Waals surface area contributed by atoms with Gasteiger partial charge in [0, 0.05) is 18.4 Å². The molecule has 1 amide bonds. The van der Waals surface area contributed by atoms with Crippen LogP contribution in [0.3, 0.4) is 0 Å². The highest BCUT2D eigenvalue weighted by Crippen LogP contribution is 2.29. The molecule has 0 bridgehead atoms. The predicted octanol–water partition coefficient (Wildman–Crippen LogP) is 5.24. The van der Waals surface area contributed by atoms with Crippen LogP contribution in [0, 0.1) is 5.82 Å². The lowest BCUT2D eigenvalue weighted by Gasteiger charge is -2.11. The van der Waals surface area contributed by atoms with E-state index in [0.717, 1.165) is 0 Å². The van der Waals surface area contributed by atoms with Crippen LogP contribution in [0.5, 0.6) is 11.5 Å². The minimum Gasteiger partial charge on any atom is -0.455 e. The van der Waals surface area contributed by atoms with E-state index in [1.54, 1.807) is 24.3 Å². The first-order valence-electron chi connectivity index (χ1n) is 9.38. The number of hydrogen-bond acceptors (Lipinski definition) is 5. The highest BCUT2D eigenvalue weighted by molar-refractivity contribution is 5.92. The number of nitrogens with zero attached hydrogens (tertiary/aromatic N) is 2. The molecule has 0 fully saturated rings. The number of carbonyl (C=O) groups excluding carboxylic acids is 1. The standard InChI is InChI=1S/C23H18FN3O3/c24-17-8-6-7-16(15-17)23-26-22(30-27-23)14-13-21(28)25-19-11-4-5-12-20(19)29-18-9-2-1-3-10-18/h1-12,15H,13-14H2,(H,25,28). The van der Waals surface area contributed by atoms with Crippen LogP contribution in [0.15, 0.2) is 83.4 Å². The van der Waals surface area contributed by atoms with E-state index in [-0.39, 0.29) is 30.4 Å². The molecule has 150 valence electrons. The third-order valence-corrected chi connectivity index (χ3v) is 4.25. The Balaban J connectivity index is 1.37. The molecule has 30 heavy (non-hydrogen) atoms. The molecule has 3 aromatic carbocycles. The van der Waals surface area contributed by atoms with E-state index in [4.69, 9.17) is 9.26 Å². The van der Waals surface area contributed by atoms with Crippen molar-refractivity contribution in [3.63, 3.8) is 0 Å². The Hall–Kier alpha value is -4.00. The van der Waals surface area contributed by atoms with Crippen LogP contribution in [0.25, 0.3) is 11.4 Å². The molecule has 0 aliphatic rings. The zero-order valence-electron chi connectivity index (χ0n) is 15.9. The number of rotatable bonds is 7. The Morgan fingerprint density at radius 2 is 1.80 bits per heavy atom. The van der Waals surface area contributed by atoms with Crippen molar-refractivity contribution in [2.24, 2.45) is 0 Å². The number of benzene rings is 3. The van der Waals surface area contributed by atoms with Gasteiger partial charge in [0.1, 0.15) is 11.6 Å². The first-order valence-corrected chi connectivity index (χ1v) is 9.38. The van der Waals surface area contributed by atoms with Crippen molar-refractivity contribution in [2.45, 2.75) is 12.8 Å². The number of amides is 1. The Labute approximate surface area is 172 Å². The van der Waals surface area contributed by atoms with Crippen LogP contribution >= 0.6 is 0 Å². The number of aryl methyl sites for hydroxylation is 1. The second kappa shape index (κ2) is 9.00. The maximum atomic E-state index is 13.3. The maximum Gasteiger partial charge on any atom is 0.227 e. The Morgan fingerprint density at radius 1 is 1.00 bits per heavy atom. The molecular formula is C23H18FN3O3. The third kappa shape index (κ3) is 4.88. The first-order chi connectivity index (χ1) is 14.7. The largest absolute Gasteiger partial charge is 0.455 e. The Kier molecular flexibility index (Phi) is 5.80. The monoisotopic (exact) mass is 403 g/mol. The van der Waals surface area contributed by atoms with Gasteiger partial charge in [-0.2, -0.15) is 4.98 Å². The molecule has 1 N–H and O–H groups in total. The summed E-state index contributed by atoms with van der Waals surface area (Å²) in [7, 11) is 0. The molecule has 0 saturated carbocycles. The van der Waals surface area contributed by atoms with Crippen molar-refractivity contribution in [3.05, 3.63) is 90.6 Å². The number of anilines is 1. The SMILES string of the molecule is O=C(CCc1nc(-c2cccc(F)c2)no1)Nc1ccccc1Oc1ccccc1. The molecule has 0 aliphatic carbocycles. The van der Waals surface area contributed by atoms with E-state index in [1.807, 2.05) is 42.5 Å². The maximum absolute atomic E-state index is 13.3. The average molecular weight is 403 g/mol. The normalized spacial score (nSPS) is 10.6. The number of aromatic nitrogens is 2. The smallest absolute Gasteiger partial charge is 0.227 e. The Bertz CT molecular complexity index is 1150.